The molecule has 4 rings (SSSR count). The molecular formula is C24H30N2O3. The maximum absolute atomic E-state index is 13.6. The number of nitrogens with zero attached hydrogens (tertiary/aromatic N) is 2. The molecule has 0 saturated carbocycles. The van der Waals surface area contributed by atoms with Crippen LogP contribution in [0.5, 0.6) is 5.75 Å². The van der Waals surface area contributed by atoms with E-state index in [1.54, 1.807) is 0 Å². The number of benzene rings is 2. The van der Waals surface area contributed by atoms with Crippen molar-refractivity contribution in [3.63, 3.8) is 0 Å². The van der Waals surface area contributed by atoms with Crippen molar-refractivity contribution in [2.45, 2.75) is 31.9 Å². The van der Waals surface area contributed by atoms with Crippen LogP contribution in [0.1, 0.15) is 41.7 Å². The molecule has 5 nitrogen and oxygen atoms in total. The third-order valence-electron chi connectivity index (χ3n) is 5.81. The van der Waals surface area contributed by atoms with Crippen molar-refractivity contribution in [2.75, 3.05) is 39.4 Å². The van der Waals surface area contributed by atoms with Gasteiger partial charge in [0.25, 0.3) is 5.91 Å². The molecule has 0 aliphatic carbocycles. The van der Waals surface area contributed by atoms with Crippen molar-refractivity contribution in [1.29, 1.82) is 0 Å². The molecule has 0 N–H and O–H groups in total. The number of hydrogen-bond donors (Lipinski definition) is 0. The number of carbonyl (C=O) groups is 1. The van der Waals surface area contributed by atoms with Gasteiger partial charge in [0.15, 0.2) is 0 Å². The van der Waals surface area contributed by atoms with Crippen LogP contribution in [0.4, 0.5) is 0 Å². The normalized spacial score (nSPS) is 22.6. The Bertz CT molecular complexity index is 805. The van der Waals surface area contributed by atoms with Crippen LogP contribution < -0.4 is 4.74 Å². The molecule has 0 radical (unpaired) electrons. The lowest BCUT2D eigenvalue weighted by Crippen LogP contribution is -2.51. The molecular weight excluding hydrogens is 364 g/mol. The Morgan fingerprint density at radius 1 is 1.03 bits per heavy atom. The van der Waals surface area contributed by atoms with Gasteiger partial charge in [0.1, 0.15) is 5.75 Å². The molecule has 0 aromatic heterocycles. The fourth-order valence-electron chi connectivity index (χ4n) is 4.46. The van der Waals surface area contributed by atoms with Gasteiger partial charge in [-0.3, -0.25) is 4.79 Å². The number of rotatable bonds is 6. The number of ether oxygens (including phenoxy) is 2. The summed E-state index contributed by atoms with van der Waals surface area (Å²) in [6, 6.07) is 17.7. The molecule has 2 atom stereocenters. The Labute approximate surface area is 173 Å². The van der Waals surface area contributed by atoms with Crippen LogP contribution >= 0.6 is 0 Å². The van der Waals surface area contributed by atoms with Crippen molar-refractivity contribution in [3.05, 3.63) is 65.7 Å². The van der Waals surface area contributed by atoms with Crippen molar-refractivity contribution < 1.29 is 14.3 Å². The second kappa shape index (κ2) is 9.42. The first-order valence-electron chi connectivity index (χ1n) is 10.7. The standard InChI is InChI=1S/C24H30N2O3/c1-2-28-21-13-7-6-12-20(21)24(27)26-16-17-29-22(18-25-14-8-9-15-25)23(26)19-10-4-3-5-11-19/h3-7,10-13,22-23H,2,8-9,14-18H2,1H3/t22-,23-/m0/s1. The summed E-state index contributed by atoms with van der Waals surface area (Å²) in [5, 5.41) is 0. The van der Waals surface area contributed by atoms with Crippen molar-refractivity contribution in [2.24, 2.45) is 0 Å². The molecule has 2 aromatic carbocycles. The zero-order chi connectivity index (χ0) is 20.1. The molecule has 2 heterocycles. The van der Waals surface area contributed by atoms with Crippen LogP contribution in [-0.4, -0.2) is 61.2 Å². The quantitative estimate of drug-likeness (QED) is 0.748. The van der Waals surface area contributed by atoms with Gasteiger partial charge >= 0.3 is 0 Å². The largest absolute Gasteiger partial charge is 0.493 e. The first-order valence-corrected chi connectivity index (χ1v) is 10.7. The highest BCUT2D eigenvalue weighted by Crippen LogP contribution is 2.33. The zero-order valence-corrected chi connectivity index (χ0v) is 17.1. The summed E-state index contributed by atoms with van der Waals surface area (Å²) >= 11 is 0. The highest BCUT2D eigenvalue weighted by atomic mass is 16.5. The molecule has 2 aliphatic heterocycles. The second-order valence-corrected chi connectivity index (χ2v) is 7.70. The van der Waals surface area contributed by atoms with E-state index in [-0.39, 0.29) is 18.1 Å². The zero-order valence-electron chi connectivity index (χ0n) is 17.1. The van der Waals surface area contributed by atoms with Crippen LogP contribution in [0.15, 0.2) is 54.6 Å². The summed E-state index contributed by atoms with van der Waals surface area (Å²) in [6.07, 6.45) is 2.45. The number of morpholine rings is 1. The van der Waals surface area contributed by atoms with Gasteiger partial charge in [0.05, 0.1) is 30.9 Å². The molecule has 0 spiro atoms. The summed E-state index contributed by atoms with van der Waals surface area (Å²) in [7, 11) is 0. The first kappa shape index (κ1) is 19.9. The predicted octanol–water partition coefficient (Wildman–Crippen LogP) is 3.76. The van der Waals surface area contributed by atoms with E-state index in [9.17, 15) is 4.79 Å². The monoisotopic (exact) mass is 394 g/mol. The number of carbonyl (C=O) groups excluding carboxylic acids is 1. The molecule has 0 bridgehead atoms. The van der Waals surface area contributed by atoms with Crippen LogP contribution in [0.2, 0.25) is 0 Å². The maximum Gasteiger partial charge on any atom is 0.258 e. The van der Waals surface area contributed by atoms with E-state index in [0.717, 1.165) is 25.2 Å². The summed E-state index contributed by atoms with van der Waals surface area (Å²) in [5.41, 5.74) is 1.75. The van der Waals surface area contributed by atoms with Crippen molar-refractivity contribution >= 4 is 5.91 Å². The molecule has 0 unspecified atom stereocenters. The summed E-state index contributed by atoms with van der Waals surface area (Å²) in [6.45, 7) is 6.70. The van der Waals surface area contributed by atoms with Gasteiger partial charge in [-0.05, 0) is 50.6 Å². The minimum absolute atomic E-state index is 0.0117. The second-order valence-electron chi connectivity index (χ2n) is 7.70. The molecule has 1 amide bonds. The van der Waals surface area contributed by atoms with Crippen LogP contribution in [0.25, 0.3) is 0 Å². The van der Waals surface area contributed by atoms with Crippen molar-refractivity contribution in [3.8, 4) is 5.75 Å². The minimum Gasteiger partial charge on any atom is -0.493 e. The Balaban J connectivity index is 1.65. The Morgan fingerprint density at radius 3 is 2.52 bits per heavy atom. The predicted molar refractivity (Wildman–Crippen MR) is 113 cm³/mol. The van der Waals surface area contributed by atoms with E-state index in [1.165, 1.54) is 12.8 Å². The Kier molecular flexibility index (Phi) is 6.47. The average Bonchev–Trinajstić information content (AvgIpc) is 3.27. The third kappa shape index (κ3) is 4.46. The van der Waals surface area contributed by atoms with Gasteiger partial charge in [-0.25, -0.2) is 0 Å². The molecule has 2 saturated heterocycles. The first-order chi connectivity index (χ1) is 14.3. The fraction of sp³-hybridized carbons (Fsp3) is 0.458. The van der Waals surface area contributed by atoms with Gasteiger partial charge in [0, 0.05) is 13.1 Å². The summed E-state index contributed by atoms with van der Waals surface area (Å²) in [4.78, 5) is 18.1. The molecule has 2 fully saturated rings. The van der Waals surface area contributed by atoms with E-state index in [0.29, 0.717) is 31.1 Å². The smallest absolute Gasteiger partial charge is 0.258 e. The van der Waals surface area contributed by atoms with E-state index in [1.807, 2.05) is 54.3 Å². The van der Waals surface area contributed by atoms with Crippen LogP contribution in [0.3, 0.4) is 0 Å². The van der Waals surface area contributed by atoms with Gasteiger partial charge < -0.3 is 19.3 Å². The summed E-state index contributed by atoms with van der Waals surface area (Å²) in [5.74, 6) is 0.659. The highest BCUT2D eigenvalue weighted by Gasteiger charge is 2.38. The molecule has 2 aromatic rings. The van der Waals surface area contributed by atoms with E-state index < -0.39 is 0 Å². The molecule has 5 heteroatoms. The summed E-state index contributed by atoms with van der Waals surface area (Å²) < 4.78 is 12.0. The average molecular weight is 395 g/mol. The van der Waals surface area contributed by atoms with Crippen LogP contribution in [0, 0.1) is 0 Å². The van der Waals surface area contributed by atoms with Gasteiger partial charge in [0.2, 0.25) is 0 Å². The Hall–Kier alpha value is -2.37. The number of amides is 1. The van der Waals surface area contributed by atoms with Gasteiger partial charge in [-0.2, -0.15) is 0 Å². The maximum atomic E-state index is 13.6. The third-order valence-corrected chi connectivity index (χ3v) is 5.81. The van der Waals surface area contributed by atoms with E-state index in [4.69, 9.17) is 9.47 Å². The number of likely N-dealkylation sites (tertiary alicyclic amines) is 1. The lowest BCUT2D eigenvalue weighted by Gasteiger charge is -2.43. The van der Waals surface area contributed by atoms with Gasteiger partial charge in [-0.1, -0.05) is 42.5 Å². The number of para-hydroxylation sites is 1. The van der Waals surface area contributed by atoms with Crippen LogP contribution in [-0.2, 0) is 4.74 Å². The molecule has 2 aliphatic rings. The van der Waals surface area contributed by atoms with Gasteiger partial charge in [-0.15, -0.1) is 0 Å². The number of hydrogen-bond acceptors (Lipinski definition) is 4. The topological polar surface area (TPSA) is 42.0 Å². The minimum atomic E-state index is -0.104. The molecule has 154 valence electrons. The van der Waals surface area contributed by atoms with E-state index in [2.05, 4.69) is 17.0 Å². The van der Waals surface area contributed by atoms with Crippen molar-refractivity contribution in [1.82, 2.24) is 9.80 Å². The SMILES string of the molecule is CCOc1ccccc1C(=O)N1CCO[C@@H](CN2CCCC2)[C@@H]1c1ccccc1. The fourth-order valence-corrected chi connectivity index (χ4v) is 4.46. The lowest BCUT2D eigenvalue weighted by atomic mass is 9.96. The molecule has 29 heavy (non-hydrogen) atoms. The Morgan fingerprint density at radius 2 is 1.76 bits per heavy atom. The lowest BCUT2D eigenvalue weighted by molar-refractivity contribution is -0.0707. The van der Waals surface area contributed by atoms with E-state index >= 15 is 0 Å². The highest BCUT2D eigenvalue weighted by molar-refractivity contribution is 5.97.